The lowest BCUT2D eigenvalue weighted by Gasteiger charge is -2.26. The van der Waals surface area contributed by atoms with Crippen molar-refractivity contribution < 1.29 is 13.2 Å². The zero-order valence-corrected chi connectivity index (χ0v) is 11.0. The molecule has 2 fully saturated rings. The lowest BCUT2D eigenvalue weighted by Crippen LogP contribution is -2.35. The Morgan fingerprint density at radius 1 is 1.17 bits per heavy atom. The summed E-state index contributed by atoms with van der Waals surface area (Å²) in [6.07, 6.45) is 0.546. The summed E-state index contributed by atoms with van der Waals surface area (Å²) in [5, 5.41) is 0. The van der Waals surface area contributed by atoms with Crippen LogP contribution in [0, 0.1) is 18.8 Å². The predicted molar refractivity (Wildman–Crippen MR) is 66.5 cm³/mol. The van der Waals surface area contributed by atoms with E-state index in [0.29, 0.717) is 24.4 Å². The van der Waals surface area contributed by atoms with Gasteiger partial charge < -0.3 is 0 Å². The van der Waals surface area contributed by atoms with Gasteiger partial charge >= 0.3 is 0 Å². The van der Waals surface area contributed by atoms with E-state index in [0.717, 1.165) is 5.56 Å². The predicted octanol–water partition coefficient (Wildman–Crippen LogP) is 1.20. The molecule has 2 aliphatic rings. The van der Waals surface area contributed by atoms with Crippen LogP contribution >= 0.6 is 0 Å². The van der Waals surface area contributed by atoms with Gasteiger partial charge in [0.2, 0.25) is 10.0 Å². The van der Waals surface area contributed by atoms with Gasteiger partial charge in [0.1, 0.15) is 5.78 Å². The molecule has 3 rings (SSSR count). The van der Waals surface area contributed by atoms with Crippen LogP contribution in [0.2, 0.25) is 0 Å². The zero-order chi connectivity index (χ0) is 12.9. The summed E-state index contributed by atoms with van der Waals surface area (Å²) >= 11 is 0. The van der Waals surface area contributed by atoms with Crippen molar-refractivity contribution in [3.05, 3.63) is 29.8 Å². The number of fused-ring (bicyclic) bond motifs is 1. The quantitative estimate of drug-likeness (QED) is 0.807. The third kappa shape index (κ3) is 1.69. The van der Waals surface area contributed by atoms with E-state index in [1.165, 1.54) is 4.31 Å². The Morgan fingerprint density at radius 3 is 2.39 bits per heavy atom. The van der Waals surface area contributed by atoms with Crippen molar-refractivity contribution in [1.82, 2.24) is 4.31 Å². The van der Waals surface area contributed by atoms with Gasteiger partial charge in [0.15, 0.2) is 0 Å². The van der Waals surface area contributed by atoms with Crippen LogP contribution in [0.15, 0.2) is 29.2 Å². The molecular weight excluding hydrogens is 250 g/mol. The molecule has 4 nitrogen and oxygen atoms in total. The number of sulfonamides is 1. The number of carbonyl (C=O) groups is 1. The van der Waals surface area contributed by atoms with Gasteiger partial charge in [-0.25, -0.2) is 8.42 Å². The molecule has 0 N–H and O–H groups in total. The summed E-state index contributed by atoms with van der Waals surface area (Å²) in [4.78, 5) is 11.7. The standard InChI is InChI=1S/C13H15NO3S/c1-9-2-4-11(5-3-9)18(16,17)14-7-10-6-13(15)12(10)8-14/h2-5,10,12H,6-8H2,1H3/t10-,12-/m1/s1. The van der Waals surface area contributed by atoms with Crippen molar-refractivity contribution in [2.24, 2.45) is 11.8 Å². The maximum Gasteiger partial charge on any atom is 0.243 e. The molecule has 1 aliphatic carbocycles. The Bertz CT molecular complexity index is 591. The largest absolute Gasteiger partial charge is 0.299 e. The Hall–Kier alpha value is -1.20. The van der Waals surface area contributed by atoms with Gasteiger partial charge in [-0.05, 0) is 25.0 Å². The number of Topliss-reactive ketones (excluding diaryl/α,β-unsaturated/α-hetero) is 1. The summed E-state index contributed by atoms with van der Waals surface area (Å²) < 4.78 is 26.2. The fraction of sp³-hybridized carbons (Fsp3) is 0.462. The smallest absolute Gasteiger partial charge is 0.243 e. The summed E-state index contributed by atoms with van der Waals surface area (Å²) in [5.74, 6) is 0.407. The number of nitrogens with zero attached hydrogens (tertiary/aromatic N) is 1. The van der Waals surface area contributed by atoms with Crippen molar-refractivity contribution >= 4 is 15.8 Å². The maximum absolute atomic E-state index is 12.4. The molecule has 1 saturated carbocycles. The van der Waals surface area contributed by atoms with Crippen LogP contribution in [0.5, 0.6) is 0 Å². The lowest BCUT2D eigenvalue weighted by atomic mass is 9.75. The number of rotatable bonds is 2. The minimum atomic E-state index is -3.42. The van der Waals surface area contributed by atoms with Gasteiger partial charge in [0, 0.05) is 25.4 Å². The summed E-state index contributed by atoms with van der Waals surface area (Å²) in [5.41, 5.74) is 1.03. The number of aryl methyl sites for hydroxylation is 1. The van der Waals surface area contributed by atoms with Crippen LogP contribution in [0.3, 0.4) is 0 Å². The van der Waals surface area contributed by atoms with Gasteiger partial charge in [-0.3, -0.25) is 4.79 Å². The maximum atomic E-state index is 12.4. The minimum Gasteiger partial charge on any atom is -0.299 e. The monoisotopic (exact) mass is 265 g/mol. The van der Waals surface area contributed by atoms with Crippen molar-refractivity contribution in [2.45, 2.75) is 18.2 Å². The minimum absolute atomic E-state index is 0.0507. The molecule has 0 radical (unpaired) electrons. The van der Waals surface area contributed by atoms with Gasteiger partial charge in [0.25, 0.3) is 0 Å². The molecule has 1 aliphatic heterocycles. The third-order valence-electron chi connectivity index (χ3n) is 3.94. The summed E-state index contributed by atoms with van der Waals surface area (Å²) in [6, 6.07) is 6.85. The van der Waals surface area contributed by atoms with E-state index < -0.39 is 10.0 Å². The molecule has 0 amide bonds. The molecule has 0 unspecified atom stereocenters. The third-order valence-corrected chi connectivity index (χ3v) is 5.79. The highest BCUT2D eigenvalue weighted by atomic mass is 32.2. The average molecular weight is 265 g/mol. The van der Waals surface area contributed by atoms with E-state index in [4.69, 9.17) is 0 Å². The van der Waals surface area contributed by atoms with Crippen LogP contribution < -0.4 is 0 Å². The number of hydrogen-bond acceptors (Lipinski definition) is 3. The first-order valence-corrected chi connectivity index (χ1v) is 7.52. The highest BCUT2D eigenvalue weighted by molar-refractivity contribution is 7.89. The van der Waals surface area contributed by atoms with E-state index in [2.05, 4.69) is 0 Å². The number of carbonyl (C=O) groups excluding carboxylic acids is 1. The molecule has 0 aromatic heterocycles. The van der Waals surface area contributed by atoms with Gasteiger partial charge in [-0.15, -0.1) is 0 Å². The first-order chi connectivity index (χ1) is 8.48. The van der Waals surface area contributed by atoms with E-state index in [1.54, 1.807) is 24.3 Å². The van der Waals surface area contributed by atoms with E-state index in [1.807, 2.05) is 6.92 Å². The molecule has 1 saturated heterocycles. The molecule has 96 valence electrons. The molecule has 2 atom stereocenters. The van der Waals surface area contributed by atoms with Gasteiger partial charge in [-0.1, -0.05) is 17.7 Å². The fourth-order valence-corrected chi connectivity index (χ4v) is 4.23. The van der Waals surface area contributed by atoms with Crippen molar-refractivity contribution in [2.75, 3.05) is 13.1 Å². The SMILES string of the molecule is Cc1ccc(S(=O)(=O)N2C[C@H]3CC(=O)[C@@H]3C2)cc1. The first-order valence-electron chi connectivity index (χ1n) is 6.08. The summed E-state index contributed by atoms with van der Waals surface area (Å²) in [6.45, 7) is 2.78. The van der Waals surface area contributed by atoms with Gasteiger partial charge in [0.05, 0.1) is 4.90 Å². The van der Waals surface area contributed by atoms with Crippen molar-refractivity contribution in [3.63, 3.8) is 0 Å². The van der Waals surface area contributed by atoms with Crippen LogP contribution in [0.4, 0.5) is 0 Å². The highest BCUT2D eigenvalue weighted by Gasteiger charge is 2.49. The van der Waals surface area contributed by atoms with Crippen molar-refractivity contribution in [1.29, 1.82) is 0 Å². The van der Waals surface area contributed by atoms with E-state index >= 15 is 0 Å². The van der Waals surface area contributed by atoms with Crippen LogP contribution in [-0.2, 0) is 14.8 Å². The molecule has 0 spiro atoms. The normalized spacial score (nSPS) is 27.9. The molecule has 18 heavy (non-hydrogen) atoms. The van der Waals surface area contributed by atoms with Crippen LogP contribution in [-0.4, -0.2) is 31.6 Å². The molecule has 1 heterocycles. The Morgan fingerprint density at radius 2 is 1.83 bits per heavy atom. The molecular formula is C13H15NO3S. The number of benzene rings is 1. The number of ketones is 1. The Balaban J connectivity index is 1.87. The van der Waals surface area contributed by atoms with Crippen molar-refractivity contribution in [3.8, 4) is 0 Å². The zero-order valence-electron chi connectivity index (χ0n) is 10.2. The topological polar surface area (TPSA) is 54.5 Å². The second kappa shape index (κ2) is 3.90. The summed E-state index contributed by atoms with van der Waals surface area (Å²) in [7, 11) is -3.42. The van der Waals surface area contributed by atoms with Crippen LogP contribution in [0.25, 0.3) is 0 Å². The molecule has 5 heteroatoms. The number of hydrogen-bond donors (Lipinski definition) is 0. The molecule has 1 aromatic rings. The Labute approximate surface area is 107 Å². The molecule has 0 bridgehead atoms. The van der Waals surface area contributed by atoms with E-state index in [-0.39, 0.29) is 17.6 Å². The molecule has 1 aromatic carbocycles. The fourth-order valence-electron chi connectivity index (χ4n) is 2.71. The second-order valence-corrected chi connectivity index (χ2v) is 7.11. The van der Waals surface area contributed by atoms with Gasteiger partial charge in [-0.2, -0.15) is 4.31 Å². The highest BCUT2D eigenvalue weighted by Crippen LogP contribution is 2.39. The van der Waals surface area contributed by atoms with Crippen LogP contribution in [0.1, 0.15) is 12.0 Å². The lowest BCUT2D eigenvalue weighted by molar-refractivity contribution is -0.131. The average Bonchev–Trinajstić information content (AvgIpc) is 2.67. The first kappa shape index (κ1) is 11.9. The van der Waals surface area contributed by atoms with E-state index in [9.17, 15) is 13.2 Å². The second-order valence-electron chi connectivity index (χ2n) is 5.17. The Kier molecular flexibility index (Phi) is 2.57.